The molecule has 2 rings (SSSR count). The second-order valence-electron chi connectivity index (χ2n) is 3.88. The molecule has 0 aliphatic carbocycles. The Morgan fingerprint density at radius 3 is 2.41 bits per heavy atom. The molecule has 94 valence electrons. The van der Waals surface area contributed by atoms with Crippen molar-refractivity contribution in [3.05, 3.63) is 35.9 Å². The van der Waals surface area contributed by atoms with E-state index in [0.29, 0.717) is 0 Å². The van der Waals surface area contributed by atoms with Crippen LogP contribution in [0, 0.1) is 0 Å². The van der Waals surface area contributed by atoms with Crippen LogP contribution in [0.3, 0.4) is 0 Å². The van der Waals surface area contributed by atoms with Gasteiger partial charge in [0, 0.05) is 12.3 Å². The molecule has 17 heavy (non-hydrogen) atoms. The smallest absolute Gasteiger partial charge is 0.321 e. The number of aliphatic carboxylic acids is 1. The van der Waals surface area contributed by atoms with Crippen molar-refractivity contribution in [2.75, 3.05) is 6.54 Å². The maximum Gasteiger partial charge on any atom is 0.321 e. The molecule has 1 aliphatic rings. The molecule has 0 bridgehead atoms. The van der Waals surface area contributed by atoms with E-state index in [1.165, 1.54) is 5.56 Å². The van der Waals surface area contributed by atoms with Gasteiger partial charge in [-0.2, -0.15) is 12.6 Å². The van der Waals surface area contributed by atoms with Gasteiger partial charge in [0.1, 0.15) is 6.04 Å². The van der Waals surface area contributed by atoms with E-state index in [0.717, 1.165) is 25.1 Å². The predicted octanol–water partition coefficient (Wildman–Crippen LogP) is 2.44. The van der Waals surface area contributed by atoms with Crippen molar-refractivity contribution in [3.63, 3.8) is 0 Å². The largest absolute Gasteiger partial charge is 0.480 e. The van der Waals surface area contributed by atoms with Crippen molar-refractivity contribution in [2.45, 2.75) is 24.6 Å². The van der Waals surface area contributed by atoms with Crippen molar-refractivity contribution < 1.29 is 9.90 Å². The SMILES string of the molecule is O=C(O)C1CCCN1P.SCc1ccccc1. The average Bonchev–Trinajstić information content (AvgIpc) is 2.77. The Hall–Kier alpha value is -0.570. The molecule has 1 fully saturated rings. The number of hydrogen-bond acceptors (Lipinski definition) is 3. The molecule has 1 aromatic rings. The normalized spacial score (nSPS) is 19.5. The molecule has 2 atom stereocenters. The first-order chi connectivity index (χ1) is 8.15. The third kappa shape index (κ3) is 5.07. The lowest BCUT2D eigenvalue weighted by atomic mass is 10.2. The van der Waals surface area contributed by atoms with Crippen LogP contribution < -0.4 is 0 Å². The minimum Gasteiger partial charge on any atom is -0.480 e. The van der Waals surface area contributed by atoms with Crippen molar-refractivity contribution in [3.8, 4) is 0 Å². The Morgan fingerprint density at radius 2 is 2.12 bits per heavy atom. The number of thiol groups is 1. The minimum absolute atomic E-state index is 0.255. The summed E-state index contributed by atoms with van der Waals surface area (Å²) in [4.78, 5) is 10.4. The summed E-state index contributed by atoms with van der Waals surface area (Å²) in [5, 5.41) is 8.53. The first-order valence-corrected chi connectivity index (χ1v) is 6.69. The molecular formula is C12H18NO2PS. The van der Waals surface area contributed by atoms with Gasteiger partial charge in [0.25, 0.3) is 0 Å². The highest BCUT2D eigenvalue weighted by molar-refractivity contribution is 7.79. The van der Waals surface area contributed by atoms with Gasteiger partial charge >= 0.3 is 5.97 Å². The summed E-state index contributed by atoms with van der Waals surface area (Å²) in [6, 6.07) is 9.92. The fraction of sp³-hybridized carbons (Fsp3) is 0.417. The molecule has 0 aromatic heterocycles. The van der Waals surface area contributed by atoms with E-state index < -0.39 is 5.97 Å². The maximum atomic E-state index is 10.4. The Kier molecular flexibility index (Phi) is 6.56. The average molecular weight is 271 g/mol. The summed E-state index contributed by atoms with van der Waals surface area (Å²) >= 11 is 4.11. The Morgan fingerprint density at radius 1 is 1.47 bits per heavy atom. The fourth-order valence-electron chi connectivity index (χ4n) is 1.64. The third-order valence-electron chi connectivity index (χ3n) is 2.60. The van der Waals surface area contributed by atoms with Crippen LogP contribution in [0.5, 0.6) is 0 Å². The van der Waals surface area contributed by atoms with Crippen LogP contribution in [-0.4, -0.2) is 28.3 Å². The maximum absolute atomic E-state index is 10.4. The van der Waals surface area contributed by atoms with Gasteiger partial charge in [-0.05, 0) is 18.4 Å². The molecule has 2 unspecified atom stereocenters. The number of carbonyl (C=O) groups is 1. The molecule has 1 N–H and O–H groups in total. The molecule has 0 amide bonds. The molecule has 5 heteroatoms. The number of nitrogens with zero attached hydrogens (tertiary/aromatic N) is 1. The quantitative estimate of drug-likeness (QED) is 0.641. The van der Waals surface area contributed by atoms with Crippen LogP contribution in [0.1, 0.15) is 18.4 Å². The summed E-state index contributed by atoms with van der Waals surface area (Å²) in [7, 11) is 2.43. The number of hydrogen-bond donors (Lipinski definition) is 2. The number of rotatable bonds is 2. The zero-order valence-corrected chi connectivity index (χ0v) is 11.7. The van der Waals surface area contributed by atoms with E-state index in [2.05, 4.69) is 34.2 Å². The Balaban J connectivity index is 0.000000171. The van der Waals surface area contributed by atoms with Crippen LogP contribution in [0.4, 0.5) is 0 Å². The molecule has 1 heterocycles. The summed E-state index contributed by atoms with van der Waals surface area (Å²) in [5.41, 5.74) is 1.27. The topological polar surface area (TPSA) is 40.5 Å². The van der Waals surface area contributed by atoms with Gasteiger partial charge in [0.15, 0.2) is 0 Å². The highest BCUT2D eigenvalue weighted by atomic mass is 32.1. The van der Waals surface area contributed by atoms with E-state index >= 15 is 0 Å². The fourth-order valence-corrected chi connectivity index (χ4v) is 2.31. The van der Waals surface area contributed by atoms with Crippen LogP contribution in [-0.2, 0) is 10.5 Å². The lowest BCUT2D eigenvalue weighted by molar-refractivity contribution is -0.140. The number of carboxylic acids is 1. The van der Waals surface area contributed by atoms with Gasteiger partial charge in [-0.1, -0.05) is 39.7 Å². The van der Waals surface area contributed by atoms with Crippen LogP contribution in [0.2, 0.25) is 0 Å². The molecule has 0 radical (unpaired) electrons. The summed E-state index contributed by atoms with van der Waals surface area (Å²) in [6.45, 7) is 0.891. The van der Waals surface area contributed by atoms with Gasteiger partial charge in [-0.15, -0.1) is 0 Å². The zero-order chi connectivity index (χ0) is 12.7. The molecule has 3 nitrogen and oxygen atoms in total. The number of carboxylic acid groups (broad SMARTS) is 1. The van der Waals surface area contributed by atoms with E-state index in [4.69, 9.17) is 5.11 Å². The first-order valence-electron chi connectivity index (χ1n) is 5.54. The van der Waals surface area contributed by atoms with E-state index in [1.54, 1.807) is 4.67 Å². The molecule has 0 spiro atoms. The summed E-state index contributed by atoms with van der Waals surface area (Å²) < 4.78 is 1.79. The van der Waals surface area contributed by atoms with Gasteiger partial charge in [0.2, 0.25) is 0 Å². The van der Waals surface area contributed by atoms with Gasteiger partial charge in [-0.25, -0.2) is 0 Å². The lowest BCUT2D eigenvalue weighted by Crippen LogP contribution is -2.28. The van der Waals surface area contributed by atoms with E-state index in [1.807, 2.05) is 18.2 Å². The predicted molar refractivity (Wildman–Crippen MR) is 76.2 cm³/mol. The van der Waals surface area contributed by atoms with Crippen LogP contribution >= 0.6 is 22.0 Å². The van der Waals surface area contributed by atoms with Gasteiger partial charge in [-0.3, -0.25) is 9.46 Å². The van der Waals surface area contributed by atoms with Crippen LogP contribution in [0.25, 0.3) is 0 Å². The second kappa shape index (κ2) is 7.70. The van der Waals surface area contributed by atoms with Crippen molar-refractivity contribution in [1.29, 1.82) is 0 Å². The van der Waals surface area contributed by atoms with Crippen LogP contribution in [0.15, 0.2) is 30.3 Å². The van der Waals surface area contributed by atoms with E-state index in [-0.39, 0.29) is 6.04 Å². The summed E-state index contributed by atoms with van der Waals surface area (Å²) in [5.74, 6) is 0.128. The third-order valence-corrected chi connectivity index (χ3v) is 3.59. The zero-order valence-electron chi connectivity index (χ0n) is 9.62. The van der Waals surface area contributed by atoms with Gasteiger partial charge < -0.3 is 5.11 Å². The molecule has 1 saturated heterocycles. The Labute approximate surface area is 110 Å². The number of benzene rings is 1. The van der Waals surface area contributed by atoms with Crippen molar-refractivity contribution in [1.82, 2.24) is 4.67 Å². The highest BCUT2D eigenvalue weighted by Crippen LogP contribution is 2.20. The molecular weight excluding hydrogens is 253 g/mol. The standard InChI is InChI=1S/C7H8S.C5H10NO2P/c8-6-7-4-2-1-3-5-7;7-5(8)4-2-1-3-6(4)9/h1-5,8H,6H2;4H,1-3,9H2,(H,7,8). The van der Waals surface area contributed by atoms with E-state index in [9.17, 15) is 4.79 Å². The van der Waals surface area contributed by atoms with Crippen molar-refractivity contribution >= 4 is 28.0 Å². The first kappa shape index (κ1) is 14.5. The second-order valence-corrected chi connectivity index (χ2v) is 4.86. The molecule has 0 saturated carbocycles. The van der Waals surface area contributed by atoms with Gasteiger partial charge in [0.05, 0.1) is 0 Å². The minimum atomic E-state index is -0.706. The monoisotopic (exact) mass is 271 g/mol. The highest BCUT2D eigenvalue weighted by Gasteiger charge is 2.26. The summed E-state index contributed by atoms with van der Waals surface area (Å²) in [6.07, 6.45) is 1.79. The van der Waals surface area contributed by atoms with Crippen molar-refractivity contribution in [2.24, 2.45) is 0 Å². The molecule has 1 aliphatic heterocycles. The Bertz CT molecular complexity index is 348. The molecule has 1 aromatic carbocycles. The lowest BCUT2D eigenvalue weighted by Gasteiger charge is -2.12.